The summed E-state index contributed by atoms with van der Waals surface area (Å²) in [6.45, 7) is 4.05. The molecule has 0 radical (unpaired) electrons. The summed E-state index contributed by atoms with van der Waals surface area (Å²) in [7, 11) is 1.84. The summed E-state index contributed by atoms with van der Waals surface area (Å²) in [6, 6.07) is 6.61. The zero-order valence-electron chi connectivity index (χ0n) is 16.2. The van der Waals surface area contributed by atoms with Gasteiger partial charge in [-0.3, -0.25) is 14.9 Å². The minimum atomic E-state index is 0. The van der Waals surface area contributed by atoms with Crippen molar-refractivity contribution < 1.29 is 0 Å². The highest BCUT2D eigenvalue weighted by molar-refractivity contribution is 14.0. The van der Waals surface area contributed by atoms with Gasteiger partial charge in [-0.05, 0) is 31.4 Å². The number of hydrogen-bond acceptors (Lipinski definition) is 6. The summed E-state index contributed by atoms with van der Waals surface area (Å²) in [5, 5.41) is 9.03. The number of aromatic nitrogens is 2. The SMILES string of the molecule is CN=C(NCCCSc1nccs1)NC1CCN(Cc2ccccn2)CC1.I. The van der Waals surface area contributed by atoms with E-state index in [1.807, 2.05) is 42.6 Å². The van der Waals surface area contributed by atoms with Gasteiger partial charge in [-0.15, -0.1) is 35.3 Å². The van der Waals surface area contributed by atoms with Gasteiger partial charge in [0, 0.05) is 62.8 Å². The van der Waals surface area contributed by atoms with Gasteiger partial charge in [0.25, 0.3) is 0 Å². The molecule has 1 aliphatic rings. The number of likely N-dealkylation sites (tertiary alicyclic amines) is 1. The highest BCUT2D eigenvalue weighted by Gasteiger charge is 2.20. The van der Waals surface area contributed by atoms with Crippen molar-refractivity contribution in [1.29, 1.82) is 0 Å². The van der Waals surface area contributed by atoms with Gasteiger partial charge in [0.05, 0.1) is 5.69 Å². The van der Waals surface area contributed by atoms with E-state index in [-0.39, 0.29) is 24.0 Å². The third-order valence-electron chi connectivity index (χ3n) is 4.51. The van der Waals surface area contributed by atoms with Gasteiger partial charge in [0.15, 0.2) is 5.96 Å². The van der Waals surface area contributed by atoms with Gasteiger partial charge in [0.1, 0.15) is 4.34 Å². The van der Waals surface area contributed by atoms with Crippen molar-refractivity contribution in [3.8, 4) is 0 Å². The van der Waals surface area contributed by atoms with Crippen LogP contribution in [0.2, 0.25) is 0 Å². The van der Waals surface area contributed by atoms with Gasteiger partial charge in [-0.25, -0.2) is 4.98 Å². The fraction of sp³-hybridized carbons (Fsp3) is 0.526. The lowest BCUT2D eigenvalue weighted by Crippen LogP contribution is -2.48. The molecule has 1 fully saturated rings. The van der Waals surface area contributed by atoms with Crippen molar-refractivity contribution in [2.24, 2.45) is 4.99 Å². The van der Waals surface area contributed by atoms with Gasteiger partial charge in [-0.2, -0.15) is 0 Å². The second kappa shape index (κ2) is 13.3. The number of hydrogen-bond donors (Lipinski definition) is 2. The van der Waals surface area contributed by atoms with Gasteiger partial charge < -0.3 is 10.6 Å². The van der Waals surface area contributed by atoms with Crippen LogP contribution in [0.4, 0.5) is 0 Å². The highest BCUT2D eigenvalue weighted by atomic mass is 127. The van der Waals surface area contributed by atoms with Crippen LogP contribution in [0.25, 0.3) is 0 Å². The summed E-state index contributed by atoms with van der Waals surface area (Å²) in [6.07, 6.45) is 7.09. The molecule has 0 spiro atoms. The summed E-state index contributed by atoms with van der Waals surface area (Å²) < 4.78 is 1.15. The number of thioether (sulfide) groups is 1. The first-order valence-corrected chi connectivity index (χ1v) is 11.3. The molecule has 28 heavy (non-hydrogen) atoms. The normalized spacial score (nSPS) is 15.8. The van der Waals surface area contributed by atoms with Crippen molar-refractivity contribution in [1.82, 2.24) is 25.5 Å². The first kappa shape index (κ1) is 23.4. The largest absolute Gasteiger partial charge is 0.356 e. The molecule has 0 bridgehead atoms. The molecule has 1 saturated heterocycles. The molecule has 0 atom stereocenters. The number of aliphatic imine (C=N–C) groups is 1. The Morgan fingerprint density at radius 3 is 2.82 bits per heavy atom. The zero-order valence-corrected chi connectivity index (χ0v) is 20.2. The van der Waals surface area contributed by atoms with Crippen LogP contribution in [0.5, 0.6) is 0 Å². The predicted molar refractivity (Wildman–Crippen MR) is 130 cm³/mol. The van der Waals surface area contributed by atoms with E-state index >= 15 is 0 Å². The maximum Gasteiger partial charge on any atom is 0.191 e. The minimum absolute atomic E-state index is 0. The molecule has 3 heterocycles. The van der Waals surface area contributed by atoms with Crippen molar-refractivity contribution in [2.45, 2.75) is 36.2 Å². The van der Waals surface area contributed by atoms with Crippen LogP contribution in [-0.2, 0) is 6.54 Å². The molecule has 0 saturated carbocycles. The van der Waals surface area contributed by atoms with Crippen LogP contribution >= 0.6 is 47.1 Å². The quantitative estimate of drug-likeness (QED) is 0.179. The first-order chi connectivity index (χ1) is 13.3. The molecular formula is C19H29IN6S2. The van der Waals surface area contributed by atoms with Crippen molar-refractivity contribution >= 4 is 53.0 Å². The van der Waals surface area contributed by atoms with E-state index in [0.717, 1.165) is 67.2 Å². The number of halogens is 1. The van der Waals surface area contributed by atoms with Crippen LogP contribution in [0.3, 0.4) is 0 Å². The summed E-state index contributed by atoms with van der Waals surface area (Å²) in [5.41, 5.74) is 1.15. The predicted octanol–water partition coefficient (Wildman–Crippen LogP) is 3.47. The number of thiazole rings is 1. The van der Waals surface area contributed by atoms with Crippen LogP contribution in [0, 0.1) is 0 Å². The molecule has 2 N–H and O–H groups in total. The van der Waals surface area contributed by atoms with Crippen molar-refractivity contribution in [2.75, 3.05) is 32.4 Å². The monoisotopic (exact) mass is 532 g/mol. The maximum absolute atomic E-state index is 4.43. The molecule has 154 valence electrons. The van der Waals surface area contributed by atoms with Crippen LogP contribution in [0.1, 0.15) is 25.0 Å². The van der Waals surface area contributed by atoms with E-state index in [2.05, 4.69) is 42.6 Å². The maximum atomic E-state index is 4.43. The fourth-order valence-corrected chi connectivity index (χ4v) is 4.71. The smallest absolute Gasteiger partial charge is 0.191 e. The van der Waals surface area contributed by atoms with E-state index in [0.29, 0.717) is 6.04 Å². The van der Waals surface area contributed by atoms with Crippen molar-refractivity contribution in [3.63, 3.8) is 0 Å². The number of rotatable bonds is 8. The van der Waals surface area contributed by atoms with Gasteiger partial charge in [0.2, 0.25) is 0 Å². The van der Waals surface area contributed by atoms with Gasteiger partial charge in [-0.1, -0.05) is 17.8 Å². The Bertz CT molecular complexity index is 675. The Labute approximate surface area is 193 Å². The molecule has 1 aliphatic heterocycles. The van der Waals surface area contributed by atoms with Crippen LogP contribution < -0.4 is 10.6 Å². The number of guanidine groups is 1. The number of nitrogens with one attached hydrogen (secondary N) is 2. The lowest BCUT2D eigenvalue weighted by molar-refractivity contribution is 0.196. The fourth-order valence-electron chi connectivity index (χ4n) is 3.06. The van der Waals surface area contributed by atoms with E-state index in [4.69, 9.17) is 0 Å². The average Bonchev–Trinajstić information content (AvgIpc) is 3.22. The lowest BCUT2D eigenvalue weighted by atomic mass is 10.0. The molecule has 0 amide bonds. The van der Waals surface area contributed by atoms with E-state index < -0.39 is 0 Å². The van der Waals surface area contributed by atoms with Crippen LogP contribution in [0.15, 0.2) is 45.3 Å². The molecule has 6 nitrogen and oxygen atoms in total. The van der Waals surface area contributed by atoms with Crippen molar-refractivity contribution in [3.05, 3.63) is 41.7 Å². The minimum Gasteiger partial charge on any atom is -0.356 e. The third kappa shape index (κ3) is 8.22. The molecule has 0 unspecified atom stereocenters. The number of nitrogens with zero attached hydrogens (tertiary/aromatic N) is 4. The van der Waals surface area contributed by atoms with Gasteiger partial charge >= 0.3 is 0 Å². The third-order valence-corrected chi connectivity index (χ3v) is 6.56. The van der Waals surface area contributed by atoms with Crippen LogP contribution in [-0.4, -0.2) is 59.3 Å². The van der Waals surface area contributed by atoms with E-state index in [9.17, 15) is 0 Å². The Hall–Kier alpha value is -0.910. The highest BCUT2D eigenvalue weighted by Crippen LogP contribution is 2.20. The molecule has 2 aromatic rings. The second-order valence-electron chi connectivity index (χ2n) is 6.51. The molecule has 0 aromatic carbocycles. The Kier molecular flexibility index (Phi) is 11.1. The summed E-state index contributed by atoms with van der Waals surface area (Å²) >= 11 is 3.52. The van der Waals surface area contributed by atoms with E-state index in [1.165, 1.54) is 0 Å². The molecule has 0 aliphatic carbocycles. The number of pyridine rings is 1. The first-order valence-electron chi connectivity index (χ1n) is 9.45. The summed E-state index contributed by atoms with van der Waals surface area (Å²) in [5.74, 6) is 1.99. The molecule has 9 heteroatoms. The summed E-state index contributed by atoms with van der Waals surface area (Å²) in [4.78, 5) is 15.6. The Balaban J connectivity index is 0.00000280. The second-order valence-corrected chi connectivity index (χ2v) is 8.75. The Morgan fingerprint density at radius 2 is 2.14 bits per heavy atom. The van der Waals surface area contributed by atoms with E-state index in [1.54, 1.807) is 11.3 Å². The zero-order chi connectivity index (χ0) is 18.7. The topological polar surface area (TPSA) is 65.4 Å². The molecule has 2 aromatic heterocycles. The lowest BCUT2D eigenvalue weighted by Gasteiger charge is -2.32. The number of piperidine rings is 1. The Morgan fingerprint density at radius 1 is 1.29 bits per heavy atom. The molecular weight excluding hydrogens is 503 g/mol. The standard InChI is InChI=1S/C19H28N6S2.HI/c1-20-18(22-9-4-13-26-19-23-10-14-27-19)24-16-6-11-25(12-7-16)15-17-5-2-3-8-21-17;/h2-3,5,8,10,14,16H,4,6-7,9,11-13,15H2,1H3,(H2,20,22,24);1H. The molecule has 3 rings (SSSR count). The average molecular weight is 533 g/mol.